The molecule has 172 valence electrons. The van der Waals surface area contributed by atoms with Crippen LogP contribution in [-0.4, -0.2) is 43.1 Å². The Bertz CT molecular complexity index is 1110. The number of esters is 1. The van der Waals surface area contributed by atoms with Gasteiger partial charge in [0.2, 0.25) is 0 Å². The van der Waals surface area contributed by atoms with E-state index in [9.17, 15) is 9.59 Å². The molecule has 0 aromatic heterocycles. The van der Waals surface area contributed by atoms with E-state index in [0.717, 1.165) is 36.9 Å². The minimum Gasteiger partial charge on any atom is -0.462 e. The van der Waals surface area contributed by atoms with Crippen LogP contribution in [0.4, 0.5) is 10.5 Å². The lowest BCUT2D eigenvalue weighted by atomic mass is 9.97. The molecule has 2 N–H and O–H groups in total. The molecule has 1 fully saturated rings. The number of fused-ring (bicyclic) bond motifs is 1. The van der Waals surface area contributed by atoms with Gasteiger partial charge in [-0.2, -0.15) is 0 Å². The van der Waals surface area contributed by atoms with Crippen LogP contribution in [0.1, 0.15) is 35.7 Å². The Hall–Kier alpha value is -3.38. The van der Waals surface area contributed by atoms with Crippen molar-refractivity contribution in [2.75, 3.05) is 31.6 Å². The summed E-state index contributed by atoms with van der Waals surface area (Å²) >= 11 is 0. The number of nitrogens with one attached hydrogen (secondary N) is 2. The van der Waals surface area contributed by atoms with Crippen molar-refractivity contribution in [3.8, 4) is 0 Å². The Morgan fingerprint density at radius 3 is 2.52 bits per heavy atom. The second kappa shape index (κ2) is 11.0. The molecule has 0 bridgehead atoms. The molecule has 0 saturated carbocycles. The number of piperidine rings is 1. The molecule has 6 heteroatoms. The smallest absolute Gasteiger partial charge is 0.340 e. The van der Waals surface area contributed by atoms with Gasteiger partial charge in [0.15, 0.2) is 0 Å². The number of carbonyl (C=O) groups is 2. The predicted molar refractivity (Wildman–Crippen MR) is 131 cm³/mol. The van der Waals surface area contributed by atoms with Crippen molar-refractivity contribution in [2.24, 2.45) is 5.92 Å². The van der Waals surface area contributed by atoms with Crippen LogP contribution in [0.3, 0.4) is 0 Å². The van der Waals surface area contributed by atoms with Gasteiger partial charge in [0.05, 0.1) is 17.9 Å². The molecule has 4 rings (SSSR count). The zero-order valence-electron chi connectivity index (χ0n) is 19.0. The average molecular weight is 446 g/mol. The van der Waals surface area contributed by atoms with Gasteiger partial charge in [0.25, 0.3) is 0 Å². The number of ether oxygens (including phenoxy) is 1. The molecule has 0 atom stereocenters. The second-order valence-electron chi connectivity index (χ2n) is 8.45. The Morgan fingerprint density at radius 1 is 1.00 bits per heavy atom. The van der Waals surface area contributed by atoms with E-state index in [0.29, 0.717) is 30.3 Å². The monoisotopic (exact) mass is 445 g/mol. The first-order chi connectivity index (χ1) is 16.1. The number of hydrogen-bond donors (Lipinski definition) is 2. The fourth-order valence-corrected chi connectivity index (χ4v) is 4.33. The lowest BCUT2D eigenvalue weighted by Gasteiger charge is -2.30. The molecule has 3 aromatic rings. The maximum Gasteiger partial charge on any atom is 0.340 e. The molecule has 2 amide bonds. The summed E-state index contributed by atoms with van der Waals surface area (Å²) in [6.07, 6.45) is 2.09. The molecule has 1 heterocycles. The van der Waals surface area contributed by atoms with E-state index < -0.39 is 5.97 Å². The van der Waals surface area contributed by atoms with Crippen molar-refractivity contribution in [3.05, 3.63) is 77.9 Å². The van der Waals surface area contributed by atoms with E-state index in [1.807, 2.05) is 17.0 Å². The minimum atomic E-state index is -0.437. The summed E-state index contributed by atoms with van der Waals surface area (Å²) in [5.74, 6) is 0.00518. The van der Waals surface area contributed by atoms with Gasteiger partial charge in [-0.05, 0) is 73.3 Å². The Labute approximate surface area is 194 Å². The molecule has 0 aliphatic carbocycles. The summed E-state index contributed by atoms with van der Waals surface area (Å²) in [5.41, 5.74) is 1.91. The van der Waals surface area contributed by atoms with Crippen molar-refractivity contribution in [2.45, 2.75) is 26.3 Å². The van der Waals surface area contributed by atoms with Crippen molar-refractivity contribution < 1.29 is 14.3 Å². The molecular formula is C27H31N3O3. The molecule has 33 heavy (non-hydrogen) atoms. The van der Waals surface area contributed by atoms with Crippen LogP contribution in [-0.2, 0) is 11.3 Å². The van der Waals surface area contributed by atoms with E-state index in [4.69, 9.17) is 4.74 Å². The van der Waals surface area contributed by atoms with Crippen LogP contribution in [0.15, 0.2) is 66.7 Å². The first-order valence-electron chi connectivity index (χ1n) is 11.6. The SMILES string of the molecule is CCOC(=O)c1ccccc1NC(=O)N(Cc1ccc2ccccc2c1)CC1CCNCC1. The first kappa shape index (κ1) is 22.8. The highest BCUT2D eigenvalue weighted by Gasteiger charge is 2.23. The number of amides is 2. The van der Waals surface area contributed by atoms with Crippen molar-refractivity contribution in [3.63, 3.8) is 0 Å². The van der Waals surface area contributed by atoms with Gasteiger partial charge in [-0.3, -0.25) is 0 Å². The number of hydrogen-bond acceptors (Lipinski definition) is 4. The largest absolute Gasteiger partial charge is 0.462 e. The minimum absolute atomic E-state index is 0.210. The first-order valence-corrected chi connectivity index (χ1v) is 11.6. The third-order valence-electron chi connectivity index (χ3n) is 6.08. The van der Waals surface area contributed by atoms with Crippen molar-refractivity contribution in [1.29, 1.82) is 0 Å². The Balaban J connectivity index is 1.56. The lowest BCUT2D eigenvalue weighted by molar-refractivity contribution is 0.0527. The zero-order valence-corrected chi connectivity index (χ0v) is 19.0. The molecule has 0 radical (unpaired) electrons. The van der Waals surface area contributed by atoms with E-state index in [-0.39, 0.29) is 12.6 Å². The van der Waals surface area contributed by atoms with Gasteiger partial charge in [0, 0.05) is 13.1 Å². The third-order valence-corrected chi connectivity index (χ3v) is 6.08. The number of benzene rings is 3. The quantitative estimate of drug-likeness (QED) is 0.499. The van der Waals surface area contributed by atoms with E-state index in [1.54, 1.807) is 31.2 Å². The maximum atomic E-state index is 13.4. The Morgan fingerprint density at radius 2 is 1.73 bits per heavy atom. The van der Waals surface area contributed by atoms with E-state index in [1.165, 1.54) is 5.39 Å². The molecule has 0 unspecified atom stereocenters. The van der Waals surface area contributed by atoms with Crippen molar-refractivity contribution >= 4 is 28.5 Å². The molecule has 6 nitrogen and oxygen atoms in total. The summed E-state index contributed by atoms with van der Waals surface area (Å²) in [4.78, 5) is 27.7. The number of nitrogens with zero attached hydrogens (tertiary/aromatic N) is 1. The maximum absolute atomic E-state index is 13.4. The van der Waals surface area contributed by atoms with Gasteiger partial charge in [0.1, 0.15) is 0 Å². The Kier molecular flexibility index (Phi) is 7.58. The lowest BCUT2D eigenvalue weighted by Crippen LogP contribution is -2.41. The van der Waals surface area contributed by atoms with E-state index >= 15 is 0 Å². The van der Waals surface area contributed by atoms with Crippen LogP contribution in [0.25, 0.3) is 10.8 Å². The van der Waals surface area contributed by atoms with Crippen LogP contribution < -0.4 is 10.6 Å². The summed E-state index contributed by atoms with van der Waals surface area (Å²) in [6.45, 7) is 5.17. The topological polar surface area (TPSA) is 70.7 Å². The predicted octanol–water partition coefficient (Wildman–Crippen LogP) is 5.05. The standard InChI is InChI=1S/C27H31N3O3/c1-2-33-26(31)24-9-5-6-10-25(24)29-27(32)30(18-20-13-15-28-16-14-20)19-21-11-12-22-7-3-4-8-23(22)17-21/h3-12,17,20,28H,2,13-16,18-19H2,1H3,(H,29,32). The summed E-state index contributed by atoms with van der Waals surface area (Å²) in [6, 6.07) is 21.3. The van der Waals surface area contributed by atoms with Gasteiger partial charge < -0.3 is 20.3 Å². The number of urea groups is 1. The molecule has 3 aromatic carbocycles. The van der Waals surface area contributed by atoms with Crippen LogP contribution in [0.5, 0.6) is 0 Å². The van der Waals surface area contributed by atoms with Gasteiger partial charge in [-0.15, -0.1) is 0 Å². The van der Waals surface area contributed by atoms with Crippen LogP contribution in [0.2, 0.25) is 0 Å². The summed E-state index contributed by atoms with van der Waals surface area (Å²) in [5, 5.41) is 8.69. The molecule has 1 saturated heterocycles. The molecule has 1 aliphatic rings. The summed E-state index contributed by atoms with van der Waals surface area (Å²) in [7, 11) is 0. The normalized spacial score (nSPS) is 14.1. The van der Waals surface area contributed by atoms with Gasteiger partial charge in [-0.25, -0.2) is 9.59 Å². The van der Waals surface area contributed by atoms with Gasteiger partial charge in [-0.1, -0.05) is 48.5 Å². The number of anilines is 1. The number of para-hydroxylation sites is 1. The zero-order chi connectivity index (χ0) is 23.0. The molecule has 1 aliphatic heterocycles. The van der Waals surface area contributed by atoms with Gasteiger partial charge >= 0.3 is 12.0 Å². The molecule has 0 spiro atoms. The van der Waals surface area contributed by atoms with Crippen molar-refractivity contribution in [1.82, 2.24) is 10.2 Å². The number of carbonyl (C=O) groups excluding carboxylic acids is 2. The van der Waals surface area contributed by atoms with E-state index in [2.05, 4.69) is 41.0 Å². The molecular weight excluding hydrogens is 414 g/mol. The van der Waals surface area contributed by atoms with Crippen LogP contribution >= 0.6 is 0 Å². The average Bonchev–Trinajstić information content (AvgIpc) is 2.84. The van der Waals surface area contributed by atoms with Crippen LogP contribution in [0, 0.1) is 5.92 Å². The number of rotatable bonds is 7. The fourth-order valence-electron chi connectivity index (χ4n) is 4.33. The highest BCUT2D eigenvalue weighted by Crippen LogP contribution is 2.22. The second-order valence-corrected chi connectivity index (χ2v) is 8.45. The highest BCUT2D eigenvalue weighted by molar-refractivity contribution is 6.00. The fraction of sp³-hybridized carbons (Fsp3) is 0.333. The third kappa shape index (κ3) is 5.90. The summed E-state index contributed by atoms with van der Waals surface area (Å²) < 4.78 is 5.16. The highest BCUT2D eigenvalue weighted by atomic mass is 16.5.